The minimum Gasteiger partial charge on any atom is -0.479 e. The largest absolute Gasteiger partial charge is 0.479 e. The summed E-state index contributed by atoms with van der Waals surface area (Å²) in [6, 6.07) is 14.4. The Morgan fingerprint density at radius 2 is 1.81 bits per heavy atom. The molecular formula is C20H22FNO4. The molecule has 0 radical (unpaired) electrons. The van der Waals surface area contributed by atoms with Crippen LogP contribution in [0, 0.1) is 5.82 Å². The molecule has 0 aliphatic heterocycles. The Kier molecular flexibility index (Phi) is 6.33. The van der Waals surface area contributed by atoms with Crippen LogP contribution >= 0.6 is 0 Å². The molecule has 0 saturated heterocycles. The van der Waals surface area contributed by atoms with Gasteiger partial charge in [0.25, 0.3) is 0 Å². The third kappa shape index (κ3) is 3.85. The lowest BCUT2D eigenvalue weighted by atomic mass is 9.85. The quantitative estimate of drug-likeness (QED) is 0.805. The zero-order chi connectivity index (χ0) is 19.2. The number of halogens is 1. The number of likely N-dealkylation sites (N-methyl/N-ethyl adjacent to an activating group) is 1. The van der Waals surface area contributed by atoms with Crippen molar-refractivity contribution in [1.29, 1.82) is 0 Å². The highest BCUT2D eigenvalue weighted by molar-refractivity contribution is 5.86. The van der Waals surface area contributed by atoms with E-state index < -0.39 is 23.4 Å². The topological polar surface area (TPSA) is 66.8 Å². The van der Waals surface area contributed by atoms with Gasteiger partial charge in [0.15, 0.2) is 5.54 Å². The fourth-order valence-corrected chi connectivity index (χ4v) is 3.04. The summed E-state index contributed by atoms with van der Waals surface area (Å²) in [6.07, 6.45) is -0.690. The number of benzene rings is 2. The number of carboxylic acid groups (broad SMARTS) is 1. The first-order valence-corrected chi connectivity index (χ1v) is 8.43. The summed E-state index contributed by atoms with van der Waals surface area (Å²) in [5, 5.41) is 9.93. The van der Waals surface area contributed by atoms with Crippen LogP contribution in [-0.2, 0) is 21.7 Å². The first-order chi connectivity index (χ1) is 12.5. The molecule has 1 N–H and O–H groups in total. The number of rotatable bonds is 7. The van der Waals surface area contributed by atoms with Crippen molar-refractivity contribution in [3.8, 4) is 0 Å². The third-order valence-corrected chi connectivity index (χ3v) is 4.37. The molecule has 0 heterocycles. The molecule has 1 amide bonds. The zero-order valence-electron chi connectivity index (χ0n) is 14.8. The molecule has 0 aliphatic rings. The van der Waals surface area contributed by atoms with Crippen LogP contribution in [0.2, 0.25) is 0 Å². The van der Waals surface area contributed by atoms with E-state index in [0.29, 0.717) is 0 Å². The van der Waals surface area contributed by atoms with Gasteiger partial charge in [-0.1, -0.05) is 49.4 Å². The van der Waals surface area contributed by atoms with Crippen molar-refractivity contribution in [2.45, 2.75) is 32.4 Å². The fourth-order valence-electron chi connectivity index (χ4n) is 3.04. The van der Waals surface area contributed by atoms with Gasteiger partial charge < -0.3 is 9.84 Å². The number of hydrogen-bond donors (Lipinski definition) is 1. The van der Waals surface area contributed by atoms with E-state index in [1.54, 1.807) is 26.0 Å². The molecule has 5 nitrogen and oxygen atoms in total. The second-order valence-corrected chi connectivity index (χ2v) is 5.81. The van der Waals surface area contributed by atoms with Crippen molar-refractivity contribution < 1.29 is 23.8 Å². The van der Waals surface area contributed by atoms with Gasteiger partial charge >= 0.3 is 12.1 Å². The predicted octanol–water partition coefficient (Wildman–Crippen LogP) is 4.17. The molecule has 26 heavy (non-hydrogen) atoms. The van der Waals surface area contributed by atoms with E-state index in [1.165, 1.54) is 18.2 Å². The van der Waals surface area contributed by atoms with Gasteiger partial charge in [-0.05, 0) is 36.6 Å². The van der Waals surface area contributed by atoms with E-state index in [-0.39, 0.29) is 25.1 Å². The highest BCUT2D eigenvalue weighted by Crippen LogP contribution is 2.34. The SMILES string of the molecule is CCN(C(=O)OCc1ccccc1)C(CC)(C(=O)O)c1cccc(F)c1. The maximum atomic E-state index is 13.7. The summed E-state index contributed by atoms with van der Waals surface area (Å²) in [4.78, 5) is 26.0. The number of carbonyl (C=O) groups is 2. The summed E-state index contributed by atoms with van der Waals surface area (Å²) in [6.45, 7) is 3.44. The van der Waals surface area contributed by atoms with E-state index in [0.717, 1.165) is 16.5 Å². The second-order valence-electron chi connectivity index (χ2n) is 5.81. The first-order valence-electron chi connectivity index (χ1n) is 8.43. The summed E-state index contributed by atoms with van der Waals surface area (Å²) in [5.74, 6) is -1.79. The van der Waals surface area contributed by atoms with Crippen LogP contribution < -0.4 is 0 Å². The predicted molar refractivity (Wildman–Crippen MR) is 95.0 cm³/mol. The molecule has 1 unspecified atom stereocenters. The van der Waals surface area contributed by atoms with Gasteiger partial charge in [0.05, 0.1) is 0 Å². The Labute approximate surface area is 152 Å². The Hall–Kier alpha value is -2.89. The smallest absolute Gasteiger partial charge is 0.411 e. The van der Waals surface area contributed by atoms with E-state index in [9.17, 15) is 19.1 Å². The number of nitrogens with zero attached hydrogens (tertiary/aromatic N) is 1. The van der Waals surface area contributed by atoms with Crippen LogP contribution in [0.15, 0.2) is 54.6 Å². The summed E-state index contributed by atoms with van der Waals surface area (Å²) in [7, 11) is 0. The maximum absolute atomic E-state index is 13.7. The molecule has 1 atom stereocenters. The molecule has 0 spiro atoms. The Balaban J connectivity index is 2.34. The van der Waals surface area contributed by atoms with Crippen LogP contribution in [-0.4, -0.2) is 28.6 Å². The monoisotopic (exact) mass is 359 g/mol. The van der Waals surface area contributed by atoms with Gasteiger partial charge in [-0.2, -0.15) is 0 Å². The van der Waals surface area contributed by atoms with Crippen LogP contribution in [0.1, 0.15) is 31.4 Å². The van der Waals surface area contributed by atoms with Crippen molar-refractivity contribution in [2.75, 3.05) is 6.54 Å². The standard InChI is InChI=1S/C20H22FNO4/c1-3-20(18(23)24,16-11-8-12-17(21)13-16)22(4-2)19(25)26-14-15-9-6-5-7-10-15/h5-13H,3-4,14H2,1-2H3,(H,23,24). The maximum Gasteiger partial charge on any atom is 0.411 e. The number of amides is 1. The van der Waals surface area contributed by atoms with Crippen molar-refractivity contribution in [3.63, 3.8) is 0 Å². The average molecular weight is 359 g/mol. The van der Waals surface area contributed by atoms with E-state index in [4.69, 9.17) is 4.74 Å². The number of hydrogen-bond acceptors (Lipinski definition) is 3. The Morgan fingerprint density at radius 1 is 1.12 bits per heavy atom. The molecular weight excluding hydrogens is 337 g/mol. The van der Waals surface area contributed by atoms with E-state index in [1.807, 2.05) is 18.2 Å². The van der Waals surface area contributed by atoms with Crippen molar-refractivity contribution in [3.05, 3.63) is 71.5 Å². The van der Waals surface area contributed by atoms with Gasteiger partial charge in [0.2, 0.25) is 0 Å². The van der Waals surface area contributed by atoms with Gasteiger partial charge in [-0.25, -0.2) is 14.0 Å². The second kappa shape index (κ2) is 8.47. The summed E-state index contributed by atoms with van der Waals surface area (Å²) < 4.78 is 19.0. The van der Waals surface area contributed by atoms with Crippen molar-refractivity contribution in [1.82, 2.24) is 4.90 Å². The summed E-state index contributed by atoms with van der Waals surface area (Å²) >= 11 is 0. The Bertz CT molecular complexity index is 765. The lowest BCUT2D eigenvalue weighted by Gasteiger charge is -2.39. The normalized spacial score (nSPS) is 12.9. The highest BCUT2D eigenvalue weighted by Gasteiger charge is 2.47. The van der Waals surface area contributed by atoms with Gasteiger partial charge in [-0.3, -0.25) is 4.90 Å². The lowest BCUT2D eigenvalue weighted by molar-refractivity contribution is -0.151. The molecule has 6 heteroatoms. The molecule has 2 rings (SSSR count). The molecule has 2 aromatic carbocycles. The Morgan fingerprint density at radius 3 is 2.35 bits per heavy atom. The number of aliphatic carboxylic acids is 1. The van der Waals surface area contributed by atoms with Gasteiger partial charge in [-0.15, -0.1) is 0 Å². The molecule has 0 saturated carbocycles. The minimum atomic E-state index is -1.70. The molecule has 138 valence electrons. The number of ether oxygens (including phenoxy) is 1. The lowest BCUT2D eigenvalue weighted by Crippen LogP contribution is -2.54. The van der Waals surface area contributed by atoms with Crippen molar-refractivity contribution in [2.24, 2.45) is 0 Å². The first kappa shape index (κ1) is 19.4. The van der Waals surface area contributed by atoms with Crippen LogP contribution in [0.25, 0.3) is 0 Å². The third-order valence-electron chi connectivity index (χ3n) is 4.37. The zero-order valence-corrected chi connectivity index (χ0v) is 14.8. The van der Waals surface area contributed by atoms with Crippen LogP contribution in [0.4, 0.5) is 9.18 Å². The van der Waals surface area contributed by atoms with Gasteiger partial charge in [0.1, 0.15) is 12.4 Å². The number of carbonyl (C=O) groups excluding carboxylic acids is 1. The molecule has 2 aromatic rings. The fraction of sp³-hybridized carbons (Fsp3) is 0.300. The molecule has 0 bridgehead atoms. The van der Waals surface area contributed by atoms with Crippen molar-refractivity contribution >= 4 is 12.1 Å². The van der Waals surface area contributed by atoms with E-state index in [2.05, 4.69) is 0 Å². The molecule has 0 aromatic heterocycles. The van der Waals surface area contributed by atoms with Crippen LogP contribution in [0.5, 0.6) is 0 Å². The highest BCUT2D eigenvalue weighted by atomic mass is 19.1. The number of carboxylic acids is 1. The van der Waals surface area contributed by atoms with Crippen LogP contribution in [0.3, 0.4) is 0 Å². The average Bonchev–Trinajstić information content (AvgIpc) is 2.64. The minimum absolute atomic E-state index is 0.0265. The van der Waals surface area contributed by atoms with Gasteiger partial charge in [0, 0.05) is 6.54 Å². The van der Waals surface area contributed by atoms with E-state index >= 15 is 0 Å². The molecule has 0 aliphatic carbocycles. The molecule has 0 fully saturated rings. The summed E-state index contributed by atoms with van der Waals surface area (Å²) in [5.41, 5.74) is -0.712.